The molecular weight excluding hydrogens is 401 g/mol. The van der Waals surface area contributed by atoms with Crippen LogP contribution in [0.25, 0.3) is 0 Å². The molecule has 2 aromatic carbocycles. The number of anilines is 3. The molecule has 7 heteroatoms. The lowest BCUT2D eigenvalue weighted by Crippen LogP contribution is -2.22. The zero-order valence-corrected chi connectivity index (χ0v) is 14.6. The van der Waals surface area contributed by atoms with Gasteiger partial charge in [0, 0.05) is 23.4 Å². The Labute approximate surface area is 138 Å². The summed E-state index contributed by atoms with van der Waals surface area (Å²) in [6, 6.07) is 12.4. The van der Waals surface area contributed by atoms with Crippen molar-refractivity contribution in [2.45, 2.75) is 4.90 Å². The molecule has 0 fully saturated rings. The average Bonchev–Trinajstić information content (AvgIpc) is 2.41. The third-order valence-corrected chi connectivity index (χ3v) is 5.39. The van der Waals surface area contributed by atoms with Crippen LogP contribution in [0.1, 0.15) is 0 Å². The topological polar surface area (TPSA) is 75.4 Å². The molecule has 0 amide bonds. The fraction of sp³-hybridized carbons (Fsp3) is 0.143. The lowest BCUT2D eigenvalue weighted by Gasteiger charge is -2.15. The Hall–Kier alpha value is -1.32. The molecule has 0 radical (unpaired) electrons. The van der Waals surface area contributed by atoms with Gasteiger partial charge in [-0.15, -0.1) is 0 Å². The molecule has 0 aliphatic heterocycles. The number of halogens is 1. The summed E-state index contributed by atoms with van der Waals surface area (Å²) < 4.78 is 26.6. The van der Waals surface area contributed by atoms with Crippen LogP contribution < -0.4 is 11.1 Å². The zero-order valence-electron chi connectivity index (χ0n) is 11.7. The van der Waals surface area contributed by atoms with Gasteiger partial charge in [0.15, 0.2) is 0 Å². The average molecular weight is 417 g/mol. The van der Waals surface area contributed by atoms with Crippen LogP contribution in [0.4, 0.5) is 17.1 Å². The molecule has 0 aliphatic carbocycles. The summed E-state index contributed by atoms with van der Waals surface area (Å²) in [5, 5.41) is 3.15. The van der Waals surface area contributed by atoms with Crippen molar-refractivity contribution in [1.82, 2.24) is 4.31 Å². The van der Waals surface area contributed by atoms with Crippen LogP contribution in [0.3, 0.4) is 0 Å². The molecule has 0 spiro atoms. The van der Waals surface area contributed by atoms with Gasteiger partial charge in [-0.3, -0.25) is 0 Å². The van der Waals surface area contributed by atoms with E-state index in [1.54, 1.807) is 12.1 Å². The van der Waals surface area contributed by atoms with E-state index in [9.17, 15) is 8.42 Å². The molecule has 0 aliphatic rings. The Morgan fingerprint density at radius 1 is 1.14 bits per heavy atom. The molecule has 2 rings (SSSR count). The summed E-state index contributed by atoms with van der Waals surface area (Å²) in [4.78, 5) is 0.204. The first-order valence-corrected chi connectivity index (χ1v) is 8.67. The number of sulfonamides is 1. The number of benzene rings is 2. The molecular formula is C14H16IN3O2S. The van der Waals surface area contributed by atoms with E-state index in [1.807, 2.05) is 24.3 Å². The Kier molecular flexibility index (Phi) is 4.74. The third-order valence-electron chi connectivity index (χ3n) is 2.91. The van der Waals surface area contributed by atoms with Crippen LogP contribution in [-0.2, 0) is 10.0 Å². The summed E-state index contributed by atoms with van der Waals surface area (Å²) in [5.41, 5.74) is 7.84. The standard InChI is InChI=1S/C14H16IN3O2S/c1-18(2)21(19,20)12-6-7-13(16)14(9-12)17-11-5-3-4-10(15)8-11/h3-9,17H,16H2,1-2H3. The van der Waals surface area contributed by atoms with E-state index in [4.69, 9.17) is 5.73 Å². The number of nitrogen functional groups attached to an aromatic ring is 1. The van der Waals surface area contributed by atoms with Gasteiger partial charge >= 0.3 is 0 Å². The molecule has 0 heterocycles. The van der Waals surface area contributed by atoms with E-state index in [1.165, 1.54) is 24.5 Å². The van der Waals surface area contributed by atoms with Gasteiger partial charge in [-0.05, 0) is 59.0 Å². The summed E-state index contributed by atoms with van der Waals surface area (Å²) >= 11 is 2.21. The molecule has 3 N–H and O–H groups in total. The Balaban J connectivity index is 2.41. The van der Waals surface area contributed by atoms with Crippen molar-refractivity contribution in [3.63, 3.8) is 0 Å². The second-order valence-corrected chi connectivity index (χ2v) is 8.07. The quantitative estimate of drug-likeness (QED) is 0.593. The van der Waals surface area contributed by atoms with E-state index < -0.39 is 10.0 Å². The van der Waals surface area contributed by atoms with E-state index in [-0.39, 0.29) is 4.90 Å². The first-order chi connectivity index (χ1) is 9.80. The maximum absolute atomic E-state index is 12.2. The molecule has 5 nitrogen and oxygen atoms in total. The predicted molar refractivity (Wildman–Crippen MR) is 94.2 cm³/mol. The first-order valence-electron chi connectivity index (χ1n) is 6.15. The summed E-state index contributed by atoms with van der Waals surface area (Å²) in [5.74, 6) is 0. The van der Waals surface area contributed by atoms with E-state index in [0.717, 1.165) is 9.26 Å². The van der Waals surface area contributed by atoms with Crippen LogP contribution in [0.15, 0.2) is 47.4 Å². The normalized spacial score (nSPS) is 11.6. The van der Waals surface area contributed by atoms with Crippen LogP contribution >= 0.6 is 22.6 Å². The number of hydrogen-bond acceptors (Lipinski definition) is 4. The van der Waals surface area contributed by atoms with Crippen molar-refractivity contribution in [3.8, 4) is 0 Å². The Morgan fingerprint density at radius 3 is 2.48 bits per heavy atom. The molecule has 0 bridgehead atoms. The maximum Gasteiger partial charge on any atom is 0.242 e. The summed E-state index contributed by atoms with van der Waals surface area (Å²) in [7, 11) is -0.484. The minimum atomic E-state index is -3.48. The first kappa shape index (κ1) is 16.1. The van der Waals surface area contributed by atoms with E-state index >= 15 is 0 Å². The van der Waals surface area contributed by atoms with E-state index in [0.29, 0.717) is 11.4 Å². The number of rotatable bonds is 4. The number of nitrogens with two attached hydrogens (primary N) is 1. The van der Waals surface area contributed by atoms with Gasteiger partial charge in [0.25, 0.3) is 0 Å². The molecule has 0 saturated heterocycles. The SMILES string of the molecule is CN(C)S(=O)(=O)c1ccc(N)c(Nc2cccc(I)c2)c1. The number of nitrogens with one attached hydrogen (secondary N) is 1. The molecule has 2 aromatic rings. The van der Waals surface area contributed by atoms with Crippen molar-refractivity contribution in [3.05, 3.63) is 46.0 Å². The van der Waals surface area contributed by atoms with Crippen LogP contribution in [-0.4, -0.2) is 26.8 Å². The highest BCUT2D eigenvalue weighted by Crippen LogP contribution is 2.27. The van der Waals surface area contributed by atoms with Gasteiger partial charge in [-0.2, -0.15) is 0 Å². The highest BCUT2D eigenvalue weighted by atomic mass is 127. The van der Waals surface area contributed by atoms with Crippen molar-refractivity contribution < 1.29 is 8.42 Å². The monoisotopic (exact) mass is 417 g/mol. The van der Waals surface area contributed by atoms with Gasteiger partial charge < -0.3 is 11.1 Å². The van der Waals surface area contributed by atoms with Gasteiger partial charge in [0.1, 0.15) is 0 Å². The second kappa shape index (κ2) is 6.20. The minimum Gasteiger partial charge on any atom is -0.397 e. The summed E-state index contributed by atoms with van der Waals surface area (Å²) in [6.45, 7) is 0. The number of nitrogens with zero attached hydrogens (tertiary/aromatic N) is 1. The van der Waals surface area contributed by atoms with Gasteiger partial charge in [0.2, 0.25) is 10.0 Å². The molecule has 0 aromatic heterocycles. The summed E-state index contributed by atoms with van der Waals surface area (Å²) in [6.07, 6.45) is 0. The molecule has 0 unspecified atom stereocenters. The molecule has 112 valence electrons. The van der Waals surface area contributed by atoms with E-state index in [2.05, 4.69) is 27.9 Å². The Morgan fingerprint density at radius 2 is 1.86 bits per heavy atom. The lowest BCUT2D eigenvalue weighted by molar-refractivity contribution is 0.521. The highest BCUT2D eigenvalue weighted by molar-refractivity contribution is 14.1. The van der Waals surface area contributed by atoms with Crippen LogP contribution in [0, 0.1) is 3.57 Å². The minimum absolute atomic E-state index is 0.204. The molecule has 0 atom stereocenters. The third kappa shape index (κ3) is 3.66. The predicted octanol–water partition coefficient (Wildman–Crippen LogP) is 2.87. The Bertz CT molecular complexity index is 761. The van der Waals surface area contributed by atoms with Crippen LogP contribution in [0.2, 0.25) is 0 Å². The fourth-order valence-electron chi connectivity index (χ4n) is 1.74. The van der Waals surface area contributed by atoms with Gasteiger partial charge in [-0.25, -0.2) is 12.7 Å². The molecule has 21 heavy (non-hydrogen) atoms. The number of hydrogen-bond donors (Lipinski definition) is 2. The van der Waals surface area contributed by atoms with Crippen molar-refractivity contribution in [1.29, 1.82) is 0 Å². The van der Waals surface area contributed by atoms with Crippen molar-refractivity contribution >= 4 is 49.7 Å². The zero-order chi connectivity index (χ0) is 15.6. The van der Waals surface area contributed by atoms with Crippen molar-refractivity contribution in [2.75, 3.05) is 25.1 Å². The van der Waals surface area contributed by atoms with Crippen molar-refractivity contribution in [2.24, 2.45) is 0 Å². The second-order valence-electron chi connectivity index (χ2n) is 4.67. The molecule has 0 saturated carbocycles. The van der Waals surface area contributed by atoms with Crippen LogP contribution in [0.5, 0.6) is 0 Å². The van der Waals surface area contributed by atoms with Gasteiger partial charge in [-0.1, -0.05) is 6.07 Å². The smallest absolute Gasteiger partial charge is 0.242 e. The lowest BCUT2D eigenvalue weighted by atomic mass is 10.2. The van der Waals surface area contributed by atoms with Gasteiger partial charge in [0.05, 0.1) is 16.3 Å². The fourth-order valence-corrected chi connectivity index (χ4v) is 3.21. The maximum atomic E-state index is 12.2. The highest BCUT2D eigenvalue weighted by Gasteiger charge is 2.18. The largest absolute Gasteiger partial charge is 0.397 e.